The van der Waals surface area contributed by atoms with Crippen molar-refractivity contribution in [2.24, 2.45) is 0 Å². The van der Waals surface area contributed by atoms with Crippen molar-refractivity contribution >= 4 is 27.7 Å². The number of hydrogen-bond acceptors (Lipinski definition) is 4. The van der Waals surface area contributed by atoms with Crippen molar-refractivity contribution in [3.8, 4) is 11.5 Å². The molecule has 6 rings (SSSR count). The van der Waals surface area contributed by atoms with Crippen LogP contribution in [0.15, 0.2) is 71.5 Å². The van der Waals surface area contributed by atoms with Crippen LogP contribution < -0.4 is 20.2 Å². The van der Waals surface area contributed by atoms with E-state index < -0.39 is 0 Å². The van der Waals surface area contributed by atoms with Gasteiger partial charge in [-0.1, -0.05) is 43.2 Å². The van der Waals surface area contributed by atoms with E-state index in [1.54, 1.807) is 0 Å². The number of ether oxygens (including phenoxy) is 2. The monoisotopic (exact) mass is 468 g/mol. The van der Waals surface area contributed by atoms with Crippen LogP contribution in [-0.2, 0) is 16.8 Å². The molecule has 0 atom stereocenters. The maximum atomic E-state index is 13.3. The molecule has 6 heteroatoms. The number of hydrogen-bond donors (Lipinski definition) is 1. The molecule has 2 aliphatic rings. The molecule has 2 heterocycles. The number of nitrogens with one attached hydrogen (secondary N) is 1. The Hall–Kier alpha value is -3.80. The second-order valence-corrected chi connectivity index (χ2v) is 9.57. The first-order valence-electron chi connectivity index (χ1n) is 12.3. The molecule has 4 aromatic rings. The number of fused-ring (bicyclic) bond motifs is 3. The van der Waals surface area contributed by atoms with E-state index in [1.165, 1.54) is 5.56 Å². The highest BCUT2D eigenvalue weighted by Gasteiger charge is 2.37. The molecule has 0 unspecified atom stereocenters. The molecule has 0 bridgehead atoms. The van der Waals surface area contributed by atoms with Crippen LogP contribution >= 0.6 is 0 Å². The van der Waals surface area contributed by atoms with E-state index in [-0.39, 0.29) is 23.3 Å². The summed E-state index contributed by atoms with van der Waals surface area (Å²) in [6, 6.07) is 21.2. The number of rotatable bonds is 5. The number of pyridine rings is 1. The van der Waals surface area contributed by atoms with Crippen molar-refractivity contribution in [1.82, 2.24) is 9.88 Å². The van der Waals surface area contributed by atoms with Crippen molar-refractivity contribution < 1.29 is 14.3 Å². The normalized spacial score (nSPS) is 16.5. The standard InChI is InChI=1S/C29H28N2O4/c32-27(18-31-23-9-3-1-7-21(23)28(33)22-8-2-4-10-24(22)31)30-19-29(13-5-6-14-29)20-11-12-25-26(17-20)35-16-15-34-25/h1-4,7-12,17H,5-6,13-16,18-19H2,(H,30,32). The molecule has 35 heavy (non-hydrogen) atoms. The summed E-state index contributed by atoms with van der Waals surface area (Å²) in [6.45, 7) is 1.85. The van der Waals surface area contributed by atoms with Crippen molar-refractivity contribution in [2.75, 3.05) is 19.8 Å². The summed E-state index contributed by atoms with van der Waals surface area (Å²) in [5.74, 6) is 1.51. The van der Waals surface area contributed by atoms with Crippen LogP contribution in [0.5, 0.6) is 11.5 Å². The molecular weight excluding hydrogens is 440 g/mol. The smallest absolute Gasteiger partial charge is 0.239 e. The first-order chi connectivity index (χ1) is 17.1. The molecule has 178 valence electrons. The summed E-state index contributed by atoms with van der Waals surface area (Å²) >= 11 is 0. The molecule has 0 saturated heterocycles. The lowest BCUT2D eigenvalue weighted by atomic mass is 9.78. The van der Waals surface area contributed by atoms with E-state index in [1.807, 2.05) is 59.2 Å². The Kier molecular flexibility index (Phi) is 5.44. The molecule has 0 radical (unpaired) electrons. The Balaban J connectivity index is 1.29. The van der Waals surface area contributed by atoms with E-state index in [0.717, 1.165) is 48.2 Å². The summed E-state index contributed by atoms with van der Waals surface area (Å²) in [5, 5.41) is 4.48. The number of carbonyl (C=O) groups excluding carboxylic acids is 1. The number of nitrogens with zero attached hydrogens (tertiary/aromatic N) is 1. The zero-order valence-electron chi connectivity index (χ0n) is 19.6. The summed E-state index contributed by atoms with van der Waals surface area (Å²) in [7, 11) is 0. The number of amides is 1. The van der Waals surface area contributed by atoms with Gasteiger partial charge in [0, 0.05) is 22.7 Å². The second-order valence-electron chi connectivity index (χ2n) is 9.57. The van der Waals surface area contributed by atoms with Crippen LogP contribution in [0.25, 0.3) is 21.8 Å². The molecule has 1 aliphatic carbocycles. The van der Waals surface area contributed by atoms with Gasteiger partial charge < -0.3 is 19.4 Å². The molecule has 3 aromatic carbocycles. The topological polar surface area (TPSA) is 69.6 Å². The third-order valence-corrected chi connectivity index (χ3v) is 7.52. The minimum atomic E-state index is -0.112. The van der Waals surface area contributed by atoms with Gasteiger partial charge >= 0.3 is 0 Å². The summed E-state index contributed by atoms with van der Waals surface area (Å²) < 4.78 is 13.5. The van der Waals surface area contributed by atoms with Gasteiger partial charge in [-0.05, 0) is 54.8 Å². The van der Waals surface area contributed by atoms with Gasteiger partial charge in [0.15, 0.2) is 16.9 Å². The Morgan fingerprint density at radius 3 is 2.17 bits per heavy atom. The summed E-state index contributed by atoms with van der Waals surface area (Å²) in [4.78, 5) is 26.3. The fourth-order valence-corrected chi connectivity index (χ4v) is 5.71. The number of benzene rings is 3. The molecule has 6 nitrogen and oxygen atoms in total. The Morgan fingerprint density at radius 1 is 0.857 bits per heavy atom. The minimum Gasteiger partial charge on any atom is -0.486 e. The molecule has 1 aromatic heterocycles. The van der Waals surface area contributed by atoms with Crippen LogP contribution in [-0.4, -0.2) is 30.2 Å². The van der Waals surface area contributed by atoms with Crippen molar-refractivity contribution in [1.29, 1.82) is 0 Å². The lowest BCUT2D eigenvalue weighted by Crippen LogP contribution is -2.40. The lowest BCUT2D eigenvalue weighted by Gasteiger charge is -2.31. The van der Waals surface area contributed by atoms with Gasteiger partial charge in [-0.2, -0.15) is 0 Å². The Morgan fingerprint density at radius 2 is 1.49 bits per heavy atom. The van der Waals surface area contributed by atoms with Gasteiger partial charge in [0.05, 0.1) is 11.0 Å². The number of para-hydroxylation sites is 2. The highest BCUT2D eigenvalue weighted by molar-refractivity contribution is 5.94. The number of aromatic nitrogens is 1. The van der Waals surface area contributed by atoms with Crippen molar-refractivity contribution in [3.05, 3.63) is 82.5 Å². The van der Waals surface area contributed by atoms with Gasteiger partial charge in [-0.15, -0.1) is 0 Å². The molecule has 0 spiro atoms. The predicted octanol–water partition coefficient (Wildman–Crippen LogP) is 4.55. The van der Waals surface area contributed by atoms with E-state index in [0.29, 0.717) is 30.5 Å². The van der Waals surface area contributed by atoms with Gasteiger partial charge in [0.1, 0.15) is 19.8 Å². The second kappa shape index (κ2) is 8.77. The molecule has 1 fully saturated rings. The lowest BCUT2D eigenvalue weighted by molar-refractivity contribution is -0.121. The SMILES string of the molecule is O=C(Cn1c2ccccc2c(=O)c2ccccc21)NCC1(c2ccc3c(c2)OCCO3)CCCC1. The molecular formula is C29H28N2O4. The first-order valence-corrected chi connectivity index (χ1v) is 12.3. The van der Waals surface area contributed by atoms with Crippen LogP contribution in [0, 0.1) is 0 Å². The van der Waals surface area contributed by atoms with Crippen molar-refractivity contribution in [3.63, 3.8) is 0 Å². The van der Waals surface area contributed by atoms with Crippen LogP contribution in [0.4, 0.5) is 0 Å². The third-order valence-electron chi connectivity index (χ3n) is 7.52. The van der Waals surface area contributed by atoms with Crippen molar-refractivity contribution in [2.45, 2.75) is 37.6 Å². The fraction of sp³-hybridized carbons (Fsp3) is 0.310. The molecule has 1 amide bonds. The highest BCUT2D eigenvalue weighted by atomic mass is 16.6. The zero-order chi connectivity index (χ0) is 23.8. The third kappa shape index (κ3) is 3.83. The quantitative estimate of drug-likeness (QED) is 0.436. The van der Waals surface area contributed by atoms with Gasteiger partial charge in [0.25, 0.3) is 0 Å². The Bertz CT molecular complexity index is 1420. The molecule has 1 saturated carbocycles. The molecule has 1 N–H and O–H groups in total. The Labute approximate surface area is 203 Å². The van der Waals surface area contributed by atoms with Crippen LogP contribution in [0.3, 0.4) is 0 Å². The van der Waals surface area contributed by atoms with E-state index in [4.69, 9.17) is 9.47 Å². The molecule has 1 aliphatic heterocycles. The van der Waals surface area contributed by atoms with E-state index in [9.17, 15) is 9.59 Å². The van der Waals surface area contributed by atoms with Gasteiger partial charge in [0.2, 0.25) is 5.91 Å². The van der Waals surface area contributed by atoms with E-state index in [2.05, 4.69) is 17.4 Å². The van der Waals surface area contributed by atoms with Gasteiger partial charge in [-0.3, -0.25) is 9.59 Å². The fourth-order valence-electron chi connectivity index (χ4n) is 5.71. The largest absolute Gasteiger partial charge is 0.486 e. The highest BCUT2D eigenvalue weighted by Crippen LogP contribution is 2.43. The minimum absolute atomic E-state index is 0.00336. The average molecular weight is 469 g/mol. The van der Waals surface area contributed by atoms with Crippen LogP contribution in [0.2, 0.25) is 0 Å². The maximum Gasteiger partial charge on any atom is 0.239 e. The van der Waals surface area contributed by atoms with Crippen LogP contribution in [0.1, 0.15) is 31.2 Å². The van der Waals surface area contributed by atoms with Gasteiger partial charge in [-0.25, -0.2) is 0 Å². The summed E-state index contributed by atoms with van der Waals surface area (Å²) in [6.07, 6.45) is 4.33. The maximum absolute atomic E-state index is 13.3. The first kappa shape index (κ1) is 21.7. The predicted molar refractivity (Wildman–Crippen MR) is 136 cm³/mol. The van der Waals surface area contributed by atoms with E-state index >= 15 is 0 Å². The summed E-state index contributed by atoms with van der Waals surface area (Å²) in [5.41, 5.74) is 2.62. The number of carbonyl (C=O) groups is 1. The zero-order valence-corrected chi connectivity index (χ0v) is 19.6. The average Bonchev–Trinajstić information content (AvgIpc) is 3.40.